The predicted octanol–water partition coefficient (Wildman–Crippen LogP) is 5.00. The number of benzene rings is 2. The molecule has 20 heavy (non-hydrogen) atoms. The largest absolute Gasteiger partial charge is 0.148 e. The summed E-state index contributed by atoms with van der Waals surface area (Å²) in [6.45, 7) is 4.41. The molecule has 2 nitrogen and oxygen atoms in total. The zero-order valence-corrected chi connectivity index (χ0v) is 12.4. The van der Waals surface area contributed by atoms with Gasteiger partial charge in [0.05, 0.1) is 0 Å². The van der Waals surface area contributed by atoms with E-state index in [0.29, 0.717) is 5.92 Å². The molecule has 3 heteroatoms. The van der Waals surface area contributed by atoms with E-state index in [1.807, 2.05) is 18.2 Å². The summed E-state index contributed by atoms with van der Waals surface area (Å²) in [5.41, 5.74) is 3.64. The van der Waals surface area contributed by atoms with Gasteiger partial charge in [0.25, 0.3) is 0 Å². The molecule has 0 fully saturated rings. The fourth-order valence-electron chi connectivity index (χ4n) is 2.22. The van der Waals surface area contributed by atoms with Crippen LogP contribution in [0, 0.1) is 0 Å². The van der Waals surface area contributed by atoms with Gasteiger partial charge in [0.1, 0.15) is 10.0 Å². The van der Waals surface area contributed by atoms with Crippen molar-refractivity contribution in [3.8, 4) is 21.1 Å². The quantitative estimate of drug-likeness (QED) is 0.675. The van der Waals surface area contributed by atoms with Gasteiger partial charge < -0.3 is 0 Å². The maximum atomic E-state index is 4.37. The van der Waals surface area contributed by atoms with Crippen molar-refractivity contribution in [1.29, 1.82) is 0 Å². The molecule has 0 amide bonds. The number of hydrogen-bond donors (Lipinski definition) is 0. The molecule has 3 aromatic rings. The Morgan fingerprint density at radius 2 is 1.45 bits per heavy atom. The van der Waals surface area contributed by atoms with Crippen LogP contribution in [-0.2, 0) is 0 Å². The number of aromatic nitrogens is 2. The summed E-state index contributed by atoms with van der Waals surface area (Å²) in [6.07, 6.45) is 0. The second kappa shape index (κ2) is 5.55. The summed E-state index contributed by atoms with van der Waals surface area (Å²) < 4.78 is 0. The molecule has 0 saturated heterocycles. The fraction of sp³-hybridized carbons (Fsp3) is 0.176. The smallest absolute Gasteiger partial charge is 0.138 e. The SMILES string of the molecule is CC(C)c1ccccc1-c1nnc(-c2ccccc2)s1. The van der Waals surface area contributed by atoms with Crippen LogP contribution in [0.15, 0.2) is 54.6 Å². The van der Waals surface area contributed by atoms with Crippen LogP contribution in [0.5, 0.6) is 0 Å². The molecular weight excluding hydrogens is 264 g/mol. The lowest BCUT2D eigenvalue weighted by atomic mass is 9.98. The van der Waals surface area contributed by atoms with E-state index in [1.165, 1.54) is 11.1 Å². The molecule has 1 aromatic heterocycles. The highest BCUT2D eigenvalue weighted by atomic mass is 32.1. The average Bonchev–Trinajstić information content (AvgIpc) is 2.98. The summed E-state index contributed by atoms with van der Waals surface area (Å²) in [5.74, 6) is 0.482. The van der Waals surface area contributed by atoms with Gasteiger partial charge in [-0.05, 0) is 11.5 Å². The lowest BCUT2D eigenvalue weighted by molar-refractivity contribution is 0.868. The third-order valence-electron chi connectivity index (χ3n) is 3.26. The van der Waals surface area contributed by atoms with Crippen molar-refractivity contribution in [2.24, 2.45) is 0 Å². The van der Waals surface area contributed by atoms with Gasteiger partial charge in [-0.2, -0.15) is 0 Å². The van der Waals surface area contributed by atoms with Crippen LogP contribution in [0.1, 0.15) is 25.3 Å². The first-order chi connectivity index (χ1) is 9.75. The van der Waals surface area contributed by atoms with E-state index < -0.39 is 0 Å². The molecule has 0 aliphatic carbocycles. The van der Waals surface area contributed by atoms with Crippen LogP contribution < -0.4 is 0 Å². The summed E-state index contributed by atoms with van der Waals surface area (Å²) in [5, 5.41) is 10.7. The summed E-state index contributed by atoms with van der Waals surface area (Å²) in [6, 6.07) is 18.6. The minimum absolute atomic E-state index is 0.482. The van der Waals surface area contributed by atoms with Gasteiger partial charge in [0, 0.05) is 11.1 Å². The van der Waals surface area contributed by atoms with Crippen molar-refractivity contribution in [3.05, 3.63) is 60.2 Å². The first kappa shape index (κ1) is 13.0. The minimum atomic E-state index is 0.482. The van der Waals surface area contributed by atoms with Crippen molar-refractivity contribution in [2.75, 3.05) is 0 Å². The Morgan fingerprint density at radius 3 is 2.20 bits per heavy atom. The van der Waals surface area contributed by atoms with Gasteiger partial charge in [-0.1, -0.05) is 79.8 Å². The molecule has 0 bridgehead atoms. The van der Waals surface area contributed by atoms with Crippen LogP contribution >= 0.6 is 11.3 Å². The Hall–Kier alpha value is -2.00. The summed E-state index contributed by atoms with van der Waals surface area (Å²) in [4.78, 5) is 0. The van der Waals surface area contributed by atoms with E-state index in [2.05, 4.69) is 60.4 Å². The molecule has 2 aromatic carbocycles. The van der Waals surface area contributed by atoms with E-state index in [0.717, 1.165) is 15.6 Å². The van der Waals surface area contributed by atoms with Crippen molar-refractivity contribution < 1.29 is 0 Å². The maximum absolute atomic E-state index is 4.37. The van der Waals surface area contributed by atoms with Crippen molar-refractivity contribution in [3.63, 3.8) is 0 Å². The molecule has 0 aliphatic rings. The van der Waals surface area contributed by atoms with Crippen LogP contribution in [0.25, 0.3) is 21.1 Å². The Balaban J connectivity index is 2.03. The van der Waals surface area contributed by atoms with Gasteiger partial charge in [0.15, 0.2) is 0 Å². The lowest BCUT2D eigenvalue weighted by Crippen LogP contribution is -1.91. The fourth-order valence-corrected chi connectivity index (χ4v) is 3.12. The second-order valence-electron chi connectivity index (χ2n) is 5.02. The zero-order chi connectivity index (χ0) is 13.9. The number of rotatable bonds is 3. The van der Waals surface area contributed by atoms with Gasteiger partial charge >= 0.3 is 0 Å². The molecule has 0 atom stereocenters. The third-order valence-corrected chi connectivity index (χ3v) is 4.26. The monoisotopic (exact) mass is 280 g/mol. The van der Waals surface area contributed by atoms with Crippen LogP contribution in [0.3, 0.4) is 0 Å². The van der Waals surface area contributed by atoms with E-state index in [1.54, 1.807) is 11.3 Å². The Bertz CT molecular complexity index is 702. The highest BCUT2D eigenvalue weighted by molar-refractivity contribution is 7.17. The van der Waals surface area contributed by atoms with Crippen LogP contribution in [0.4, 0.5) is 0 Å². The van der Waals surface area contributed by atoms with Crippen LogP contribution in [0.2, 0.25) is 0 Å². The van der Waals surface area contributed by atoms with E-state index >= 15 is 0 Å². The molecule has 0 aliphatic heterocycles. The van der Waals surface area contributed by atoms with E-state index in [-0.39, 0.29) is 0 Å². The number of nitrogens with zero attached hydrogens (tertiary/aromatic N) is 2. The summed E-state index contributed by atoms with van der Waals surface area (Å²) >= 11 is 1.65. The maximum Gasteiger partial charge on any atom is 0.148 e. The standard InChI is InChI=1S/C17H16N2S/c1-12(2)14-10-6-7-11-15(14)17-19-18-16(20-17)13-8-4-3-5-9-13/h3-12H,1-2H3. The van der Waals surface area contributed by atoms with Crippen molar-refractivity contribution in [1.82, 2.24) is 10.2 Å². The molecule has 0 saturated carbocycles. The zero-order valence-electron chi connectivity index (χ0n) is 11.6. The summed E-state index contributed by atoms with van der Waals surface area (Å²) in [7, 11) is 0. The Kier molecular flexibility index (Phi) is 3.61. The first-order valence-corrected chi connectivity index (χ1v) is 7.55. The van der Waals surface area contributed by atoms with E-state index in [4.69, 9.17) is 0 Å². The Labute approximate surface area is 123 Å². The highest BCUT2D eigenvalue weighted by Crippen LogP contribution is 2.34. The van der Waals surface area contributed by atoms with E-state index in [9.17, 15) is 0 Å². The molecule has 0 radical (unpaired) electrons. The first-order valence-electron chi connectivity index (χ1n) is 6.74. The average molecular weight is 280 g/mol. The van der Waals surface area contributed by atoms with Crippen molar-refractivity contribution >= 4 is 11.3 Å². The van der Waals surface area contributed by atoms with Crippen molar-refractivity contribution in [2.45, 2.75) is 19.8 Å². The molecule has 1 heterocycles. The number of hydrogen-bond acceptors (Lipinski definition) is 3. The van der Waals surface area contributed by atoms with Crippen LogP contribution in [-0.4, -0.2) is 10.2 Å². The molecule has 0 unspecified atom stereocenters. The van der Waals surface area contributed by atoms with Gasteiger partial charge in [-0.3, -0.25) is 0 Å². The Morgan fingerprint density at radius 1 is 0.800 bits per heavy atom. The van der Waals surface area contributed by atoms with Gasteiger partial charge in [-0.25, -0.2) is 0 Å². The molecule has 100 valence electrons. The topological polar surface area (TPSA) is 25.8 Å². The lowest BCUT2D eigenvalue weighted by Gasteiger charge is -2.09. The predicted molar refractivity (Wildman–Crippen MR) is 84.9 cm³/mol. The van der Waals surface area contributed by atoms with Gasteiger partial charge in [0.2, 0.25) is 0 Å². The highest BCUT2D eigenvalue weighted by Gasteiger charge is 2.13. The third kappa shape index (κ3) is 2.49. The normalized spacial score (nSPS) is 10.9. The second-order valence-corrected chi connectivity index (χ2v) is 6.00. The molecule has 0 spiro atoms. The molecule has 0 N–H and O–H groups in total. The van der Waals surface area contributed by atoms with Gasteiger partial charge in [-0.15, -0.1) is 10.2 Å². The molecular formula is C17H16N2S. The minimum Gasteiger partial charge on any atom is -0.138 e. The molecule has 3 rings (SSSR count).